The first-order chi connectivity index (χ1) is 8.68. The molecule has 1 aliphatic rings. The average Bonchev–Trinajstić information content (AvgIpc) is 2.88. The highest BCUT2D eigenvalue weighted by Gasteiger charge is 2.17. The number of nitrogen functional groups attached to an aromatic ring is 1. The fourth-order valence-electron chi connectivity index (χ4n) is 2.02. The lowest BCUT2D eigenvalue weighted by Crippen LogP contribution is -2.29. The smallest absolute Gasteiger partial charge is 0.232 e. The highest BCUT2D eigenvalue weighted by molar-refractivity contribution is 9.10. The van der Waals surface area contributed by atoms with Crippen LogP contribution in [0.25, 0.3) is 0 Å². The Morgan fingerprint density at radius 2 is 2.11 bits per heavy atom. The van der Waals surface area contributed by atoms with E-state index >= 15 is 0 Å². The highest BCUT2D eigenvalue weighted by Crippen LogP contribution is 2.27. The van der Waals surface area contributed by atoms with E-state index in [4.69, 9.17) is 5.73 Å². The second-order valence-electron chi connectivity index (χ2n) is 4.40. The van der Waals surface area contributed by atoms with E-state index in [1.807, 2.05) is 23.1 Å². The second kappa shape index (κ2) is 6.48. The molecule has 0 saturated carbocycles. The summed E-state index contributed by atoms with van der Waals surface area (Å²) in [5, 5.41) is 0. The van der Waals surface area contributed by atoms with Crippen molar-refractivity contribution in [3.8, 4) is 0 Å². The van der Waals surface area contributed by atoms with E-state index in [1.165, 1.54) is 0 Å². The Labute approximate surface area is 120 Å². The Balaban J connectivity index is 1.81. The fraction of sp³-hybridized carbons (Fsp3) is 0.462. The number of likely N-dealkylation sites (tertiary alicyclic amines) is 1. The SMILES string of the molecule is Nc1cccc(CSCC(=O)N2CCCC2)c1Br. The molecule has 0 aliphatic carbocycles. The molecule has 1 aromatic rings. The molecule has 1 amide bonds. The molecule has 0 bridgehead atoms. The first kappa shape index (κ1) is 13.7. The van der Waals surface area contributed by atoms with E-state index < -0.39 is 0 Å². The molecule has 3 nitrogen and oxygen atoms in total. The van der Waals surface area contributed by atoms with Crippen LogP contribution in [0.5, 0.6) is 0 Å². The van der Waals surface area contributed by atoms with Crippen molar-refractivity contribution < 1.29 is 4.79 Å². The van der Waals surface area contributed by atoms with Crippen LogP contribution in [0, 0.1) is 0 Å². The lowest BCUT2D eigenvalue weighted by Gasteiger charge is -2.14. The van der Waals surface area contributed by atoms with Gasteiger partial charge in [0.2, 0.25) is 5.91 Å². The molecule has 5 heteroatoms. The van der Waals surface area contributed by atoms with Crippen LogP contribution in [0.15, 0.2) is 22.7 Å². The standard InChI is InChI=1S/C13H17BrN2OS/c14-13-10(4-3-5-11(13)15)8-18-9-12(17)16-6-1-2-7-16/h3-5H,1-2,6-9,15H2. The predicted molar refractivity (Wildman–Crippen MR) is 80.5 cm³/mol. The summed E-state index contributed by atoms with van der Waals surface area (Å²) in [6.45, 7) is 1.86. The van der Waals surface area contributed by atoms with Crippen molar-refractivity contribution in [1.29, 1.82) is 0 Å². The maximum absolute atomic E-state index is 11.9. The second-order valence-corrected chi connectivity index (χ2v) is 6.18. The van der Waals surface area contributed by atoms with Crippen molar-refractivity contribution in [3.63, 3.8) is 0 Å². The zero-order valence-electron chi connectivity index (χ0n) is 10.2. The summed E-state index contributed by atoms with van der Waals surface area (Å²) in [7, 11) is 0. The summed E-state index contributed by atoms with van der Waals surface area (Å²) < 4.78 is 0.950. The van der Waals surface area contributed by atoms with Gasteiger partial charge in [-0.2, -0.15) is 0 Å². The van der Waals surface area contributed by atoms with Gasteiger partial charge in [-0.05, 0) is 40.4 Å². The Morgan fingerprint density at radius 1 is 1.39 bits per heavy atom. The zero-order valence-corrected chi connectivity index (χ0v) is 12.6. The Kier molecular flexibility index (Phi) is 4.95. The van der Waals surface area contributed by atoms with Gasteiger partial charge in [0.05, 0.1) is 5.75 Å². The Bertz CT molecular complexity index is 433. The number of carbonyl (C=O) groups excluding carboxylic acids is 1. The number of hydrogen-bond donors (Lipinski definition) is 1. The number of benzene rings is 1. The van der Waals surface area contributed by atoms with Crippen LogP contribution in [-0.4, -0.2) is 29.6 Å². The quantitative estimate of drug-likeness (QED) is 0.864. The van der Waals surface area contributed by atoms with E-state index in [9.17, 15) is 4.79 Å². The zero-order chi connectivity index (χ0) is 13.0. The van der Waals surface area contributed by atoms with Crippen molar-refractivity contribution >= 4 is 39.3 Å². The van der Waals surface area contributed by atoms with Crippen LogP contribution >= 0.6 is 27.7 Å². The van der Waals surface area contributed by atoms with Crippen molar-refractivity contribution in [2.24, 2.45) is 0 Å². The van der Waals surface area contributed by atoms with Crippen LogP contribution in [-0.2, 0) is 10.5 Å². The van der Waals surface area contributed by atoms with Crippen molar-refractivity contribution in [1.82, 2.24) is 4.90 Å². The maximum atomic E-state index is 11.9. The number of anilines is 1. The molecule has 98 valence electrons. The van der Waals surface area contributed by atoms with Gasteiger partial charge in [0, 0.05) is 29.0 Å². The number of rotatable bonds is 4. The molecule has 1 aromatic carbocycles. The molecule has 1 saturated heterocycles. The number of carbonyl (C=O) groups is 1. The van der Waals surface area contributed by atoms with Gasteiger partial charge in [0.15, 0.2) is 0 Å². The number of thioether (sulfide) groups is 1. The van der Waals surface area contributed by atoms with Crippen LogP contribution in [0.4, 0.5) is 5.69 Å². The molecule has 0 unspecified atom stereocenters. The maximum Gasteiger partial charge on any atom is 0.232 e. The summed E-state index contributed by atoms with van der Waals surface area (Å²) in [6.07, 6.45) is 2.30. The Morgan fingerprint density at radius 3 is 2.83 bits per heavy atom. The van der Waals surface area contributed by atoms with Crippen molar-refractivity contribution in [3.05, 3.63) is 28.2 Å². The average molecular weight is 329 g/mol. The largest absolute Gasteiger partial charge is 0.398 e. The number of hydrogen-bond acceptors (Lipinski definition) is 3. The van der Waals surface area contributed by atoms with E-state index in [1.54, 1.807) is 11.8 Å². The van der Waals surface area contributed by atoms with E-state index in [0.717, 1.165) is 47.4 Å². The van der Waals surface area contributed by atoms with Gasteiger partial charge in [-0.15, -0.1) is 11.8 Å². The van der Waals surface area contributed by atoms with E-state index in [0.29, 0.717) is 5.75 Å². The van der Waals surface area contributed by atoms with Crippen LogP contribution in [0.2, 0.25) is 0 Å². The minimum absolute atomic E-state index is 0.262. The van der Waals surface area contributed by atoms with Gasteiger partial charge in [0.1, 0.15) is 0 Å². The van der Waals surface area contributed by atoms with Crippen LogP contribution < -0.4 is 5.73 Å². The topological polar surface area (TPSA) is 46.3 Å². The third kappa shape index (κ3) is 3.42. The summed E-state index contributed by atoms with van der Waals surface area (Å²) >= 11 is 5.13. The van der Waals surface area contributed by atoms with Gasteiger partial charge in [-0.25, -0.2) is 0 Å². The van der Waals surface area contributed by atoms with E-state index in [2.05, 4.69) is 15.9 Å². The predicted octanol–water partition coefficient (Wildman–Crippen LogP) is 2.89. The molecule has 1 heterocycles. The molecule has 0 aromatic heterocycles. The summed E-state index contributed by atoms with van der Waals surface area (Å²) in [5.41, 5.74) is 7.72. The summed E-state index contributed by atoms with van der Waals surface area (Å²) in [5.74, 6) is 1.63. The fourth-order valence-corrected chi connectivity index (χ4v) is 3.53. The van der Waals surface area contributed by atoms with Gasteiger partial charge >= 0.3 is 0 Å². The van der Waals surface area contributed by atoms with Crippen molar-refractivity contribution in [2.75, 3.05) is 24.6 Å². The van der Waals surface area contributed by atoms with E-state index in [-0.39, 0.29) is 5.91 Å². The number of nitrogens with zero attached hydrogens (tertiary/aromatic N) is 1. The molecule has 1 fully saturated rings. The molecule has 18 heavy (non-hydrogen) atoms. The third-order valence-electron chi connectivity index (χ3n) is 3.05. The Hall–Kier alpha value is -0.680. The molecule has 0 atom stereocenters. The van der Waals surface area contributed by atoms with Gasteiger partial charge < -0.3 is 10.6 Å². The van der Waals surface area contributed by atoms with Gasteiger partial charge in [0.25, 0.3) is 0 Å². The minimum atomic E-state index is 0.262. The van der Waals surface area contributed by atoms with Crippen LogP contribution in [0.1, 0.15) is 18.4 Å². The first-order valence-electron chi connectivity index (χ1n) is 6.07. The van der Waals surface area contributed by atoms with Crippen LogP contribution in [0.3, 0.4) is 0 Å². The normalized spacial score (nSPS) is 15.1. The highest BCUT2D eigenvalue weighted by atomic mass is 79.9. The first-order valence-corrected chi connectivity index (χ1v) is 8.01. The van der Waals surface area contributed by atoms with Gasteiger partial charge in [-0.3, -0.25) is 4.79 Å². The monoisotopic (exact) mass is 328 g/mol. The number of amides is 1. The molecule has 2 rings (SSSR count). The molecular formula is C13H17BrN2OS. The number of nitrogens with two attached hydrogens (primary N) is 1. The lowest BCUT2D eigenvalue weighted by atomic mass is 10.2. The minimum Gasteiger partial charge on any atom is -0.398 e. The van der Waals surface area contributed by atoms with Gasteiger partial charge in [-0.1, -0.05) is 12.1 Å². The lowest BCUT2D eigenvalue weighted by molar-refractivity contribution is -0.127. The molecule has 1 aliphatic heterocycles. The molecule has 2 N–H and O–H groups in total. The number of halogens is 1. The summed E-state index contributed by atoms with van der Waals surface area (Å²) in [6, 6.07) is 5.85. The molecule has 0 radical (unpaired) electrons. The van der Waals surface area contributed by atoms with Crippen molar-refractivity contribution in [2.45, 2.75) is 18.6 Å². The summed E-state index contributed by atoms with van der Waals surface area (Å²) in [4.78, 5) is 13.8. The molecular weight excluding hydrogens is 312 g/mol. The molecule has 0 spiro atoms. The third-order valence-corrected chi connectivity index (χ3v) is 4.98.